The Hall–Kier alpha value is -3.03. The summed E-state index contributed by atoms with van der Waals surface area (Å²) < 4.78 is 41.0. The van der Waals surface area contributed by atoms with Gasteiger partial charge in [-0.15, -0.1) is 0 Å². The van der Waals surface area contributed by atoms with Gasteiger partial charge < -0.3 is 10.2 Å². The summed E-state index contributed by atoms with van der Waals surface area (Å²) in [7, 11) is 3.65. The lowest BCUT2D eigenvalue weighted by atomic mass is 10.2. The molecule has 3 aromatic rings. The van der Waals surface area contributed by atoms with Gasteiger partial charge in [-0.3, -0.25) is 9.20 Å². The van der Waals surface area contributed by atoms with Crippen molar-refractivity contribution in [2.24, 2.45) is 0 Å². The zero-order chi connectivity index (χ0) is 18.2. The normalized spacial score (nSPS) is 11.6. The van der Waals surface area contributed by atoms with Crippen molar-refractivity contribution in [3.63, 3.8) is 0 Å². The molecule has 0 bridgehead atoms. The van der Waals surface area contributed by atoms with E-state index in [2.05, 4.69) is 10.3 Å². The largest absolute Gasteiger partial charge is 0.435 e. The second-order valence-corrected chi connectivity index (χ2v) is 5.63. The summed E-state index contributed by atoms with van der Waals surface area (Å²) in [4.78, 5) is 17.9. The van der Waals surface area contributed by atoms with E-state index in [0.29, 0.717) is 5.69 Å². The lowest BCUT2D eigenvalue weighted by Gasteiger charge is -2.14. The van der Waals surface area contributed by atoms with E-state index in [0.717, 1.165) is 10.1 Å². The average Bonchev–Trinajstić information content (AvgIpc) is 2.95. The molecule has 25 heavy (non-hydrogen) atoms. The van der Waals surface area contributed by atoms with Gasteiger partial charge in [-0.1, -0.05) is 12.1 Å². The van der Waals surface area contributed by atoms with Gasteiger partial charge in [0.1, 0.15) is 11.3 Å². The molecule has 1 N–H and O–H groups in total. The van der Waals surface area contributed by atoms with Crippen LogP contribution < -0.4 is 10.2 Å². The van der Waals surface area contributed by atoms with Gasteiger partial charge in [-0.25, -0.2) is 4.98 Å². The number of fused-ring (bicyclic) bond motifs is 1. The molecule has 1 amide bonds. The maximum Gasteiger partial charge on any atom is 0.435 e. The van der Waals surface area contributed by atoms with Gasteiger partial charge in [-0.2, -0.15) is 13.2 Å². The smallest absolute Gasteiger partial charge is 0.378 e. The zero-order valence-corrected chi connectivity index (χ0v) is 13.5. The fourth-order valence-electron chi connectivity index (χ4n) is 2.46. The first-order chi connectivity index (χ1) is 11.8. The molecule has 0 aliphatic heterocycles. The monoisotopic (exact) mass is 348 g/mol. The Morgan fingerprint density at radius 1 is 1.16 bits per heavy atom. The standard InChI is InChI=1S/C17H15F3N4O/c1-23(2)12-7-5-6-11(10-12)21-16(25)14-15(17(18,19)20)22-13-8-3-4-9-24(13)14/h3-10H,1-2H3,(H,21,25). The van der Waals surface area contributed by atoms with E-state index in [1.165, 1.54) is 18.3 Å². The average molecular weight is 348 g/mol. The second-order valence-electron chi connectivity index (χ2n) is 5.63. The first-order valence-corrected chi connectivity index (χ1v) is 7.40. The molecule has 0 unspecified atom stereocenters. The van der Waals surface area contributed by atoms with Crippen LogP contribution in [0.3, 0.4) is 0 Å². The van der Waals surface area contributed by atoms with Crippen LogP contribution in [0.15, 0.2) is 48.7 Å². The third-order valence-electron chi connectivity index (χ3n) is 3.63. The summed E-state index contributed by atoms with van der Waals surface area (Å²) in [6.45, 7) is 0. The van der Waals surface area contributed by atoms with Gasteiger partial charge in [0.15, 0.2) is 5.69 Å². The molecule has 0 aliphatic rings. The first kappa shape index (κ1) is 16.8. The summed E-state index contributed by atoms with van der Waals surface area (Å²) in [5, 5.41) is 2.52. The number of hydrogen-bond acceptors (Lipinski definition) is 3. The van der Waals surface area contributed by atoms with Gasteiger partial charge in [0, 0.05) is 31.7 Å². The van der Waals surface area contributed by atoms with Crippen LogP contribution in [0.4, 0.5) is 24.5 Å². The summed E-state index contributed by atoms with van der Waals surface area (Å²) in [6, 6.07) is 11.3. The highest BCUT2D eigenvalue weighted by Gasteiger charge is 2.40. The van der Waals surface area contributed by atoms with E-state index in [4.69, 9.17) is 0 Å². The highest BCUT2D eigenvalue weighted by Crippen LogP contribution is 2.32. The number of aromatic nitrogens is 2. The minimum absolute atomic E-state index is 0.0574. The van der Waals surface area contributed by atoms with Crippen molar-refractivity contribution in [1.29, 1.82) is 0 Å². The molecule has 8 heteroatoms. The molecule has 2 heterocycles. The Morgan fingerprint density at radius 3 is 2.60 bits per heavy atom. The van der Waals surface area contributed by atoms with Crippen molar-refractivity contribution in [3.05, 3.63) is 60.0 Å². The number of benzene rings is 1. The number of pyridine rings is 1. The molecule has 0 saturated carbocycles. The number of imidazole rings is 1. The molecule has 1 aromatic carbocycles. The van der Waals surface area contributed by atoms with Crippen LogP contribution in [0.5, 0.6) is 0 Å². The highest BCUT2D eigenvalue weighted by atomic mass is 19.4. The summed E-state index contributed by atoms with van der Waals surface area (Å²) in [5.41, 5.74) is -0.484. The van der Waals surface area contributed by atoms with Crippen LogP contribution >= 0.6 is 0 Å². The van der Waals surface area contributed by atoms with Crippen molar-refractivity contribution in [2.45, 2.75) is 6.18 Å². The zero-order valence-electron chi connectivity index (χ0n) is 13.5. The number of anilines is 2. The van der Waals surface area contributed by atoms with Gasteiger partial charge in [-0.05, 0) is 30.3 Å². The molecule has 130 valence electrons. The topological polar surface area (TPSA) is 49.6 Å². The van der Waals surface area contributed by atoms with E-state index in [1.54, 1.807) is 24.3 Å². The number of nitrogens with zero attached hydrogens (tertiary/aromatic N) is 3. The Labute approximate surface area is 141 Å². The van der Waals surface area contributed by atoms with Crippen molar-refractivity contribution in [2.75, 3.05) is 24.3 Å². The molecule has 0 fully saturated rings. The molecule has 0 aliphatic carbocycles. The van der Waals surface area contributed by atoms with E-state index < -0.39 is 23.5 Å². The molecule has 0 spiro atoms. The number of carbonyl (C=O) groups is 1. The van der Waals surface area contributed by atoms with Gasteiger partial charge >= 0.3 is 6.18 Å². The van der Waals surface area contributed by atoms with Crippen molar-refractivity contribution >= 4 is 22.9 Å². The number of amides is 1. The SMILES string of the molecule is CN(C)c1cccc(NC(=O)c2c(C(F)(F)F)nc3ccccn23)c1. The molecule has 0 atom stereocenters. The molecular weight excluding hydrogens is 333 g/mol. The van der Waals surface area contributed by atoms with Crippen LogP contribution in [-0.4, -0.2) is 29.4 Å². The number of carbonyl (C=O) groups excluding carboxylic acids is 1. The van der Waals surface area contributed by atoms with E-state index in [1.807, 2.05) is 25.1 Å². The minimum atomic E-state index is -4.73. The van der Waals surface area contributed by atoms with E-state index in [9.17, 15) is 18.0 Å². The minimum Gasteiger partial charge on any atom is -0.378 e. The van der Waals surface area contributed by atoms with Gasteiger partial charge in [0.25, 0.3) is 5.91 Å². The summed E-state index contributed by atoms with van der Waals surface area (Å²) >= 11 is 0. The number of rotatable bonds is 3. The number of halogens is 3. The van der Waals surface area contributed by atoms with Gasteiger partial charge in [0.2, 0.25) is 0 Å². The Balaban J connectivity index is 2.04. The van der Waals surface area contributed by atoms with Crippen LogP contribution in [0, 0.1) is 0 Å². The summed E-state index contributed by atoms with van der Waals surface area (Å²) in [5.74, 6) is -0.873. The van der Waals surface area contributed by atoms with Crippen molar-refractivity contribution < 1.29 is 18.0 Å². The molecular formula is C17H15F3N4O. The molecule has 2 aromatic heterocycles. The maximum absolute atomic E-state index is 13.3. The number of alkyl halides is 3. The fraction of sp³-hybridized carbons (Fsp3) is 0.176. The Morgan fingerprint density at radius 2 is 1.92 bits per heavy atom. The van der Waals surface area contributed by atoms with Crippen molar-refractivity contribution in [1.82, 2.24) is 9.38 Å². The predicted octanol–water partition coefficient (Wildman–Crippen LogP) is 3.67. The highest BCUT2D eigenvalue weighted by molar-refractivity contribution is 6.04. The van der Waals surface area contributed by atoms with Crippen LogP contribution in [-0.2, 0) is 6.18 Å². The van der Waals surface area contributed by atoms with Crippen LogP contribution in [0.2, 0.25) is 0 Å². The summed E-state index contributed by atoms with van der Waals surface area (Å²) in [6.07, 6.45) is -3.35. The number of nitrogens with one attached hydrogen (secondary N) is 1. The maximum atomic E-state index is 13.3. The van der Waals surface area contributed by atoms with Crippen LogP contribution in [0.25, 0.3) is 5.65 Å². The second kappa shape index (κ2) is 6.12. The molecule has 5 nitrogen and oxygen atoms in total. The predicted molar refractivity (Wildman–Crippen MR) is 88.9 cm³/mol. The molecule has 3 rings (SSSR count). The van der Waals surface area contributed by atoms with E-state index in [-0.39, 0.29) is 5.65 Å². The Bertz CT molecular complexity index is 931. The Kier molecular flexibility index (Phi) is 4.12. The first-order valence-electron chi connectivity index (χ1n) is 7.40. The van der Waals surface area contributed by atoms with Crippen molar-refractivity contribution in [3.8, 4) is 0 Å². The molecule has 0 radical (unpaired) electrons. The fourth-order valence-corrected chi connectivity index (χ4v) is 2.46. The van der Waals surface area contributed by atoms with Gasteiger partial charge in [0.05, 0.1) is 0 Å². The van der Waals surface area contributed by atoms with Crippen LogP contribution in [0.1, 0.15) is 16.2 Å². The lowest BCUT2D eigenvalue weighted by molar-refractivity contribution is -0.141. The third kappa shape index (κ3) is 3.28. The number of hydrogen-bond donors (Lipinski definition) is 1. The van der Waals surface area contributed by atoms with E-state index >= 15 is 0 Å². The lowest BCUT2D eigenvalue weighted by Crippen LogP contribution is -2.20. The third-order valence-corrected chi connectivity index (χ3v) is 3.63. The quantitative estimate of drug-likeness (QED) is 0.786. The molecule has 0 saturated heterocycles.